The van der Waals surface area contributed by atoms with Crippen molar-refractivity contribution in [2.24, 2.45) is 0 Å². The van der Waals surface area contributed by atoms with Crippen LogP contribution in [0.1, 0.15) is 10.4 Å². The minimum atomic E-state index is -0.716. The summed E-state index contributed by atoms with van der Waals surface area (Å²) in [6.45, 7) is 0. The van der Waals surface area contributed by atoms with Crippen molar-refractivity contribution in [1.82, 2.24) is 15.4 Å². The van der Waals surface area contributed by atoms with Crippen molar-refractivity contribution < 1.29 is 19.2 Å². The highest BCUT2D eigenvalue weighted by Gasteiger charge is 2.25. The van der Waals surface area contributed by atoms with E-state index in [0.717, 1.165) is 6.33 Å². The minimum Gasteiger partial charge on any atom is -0.497 e. The Hall–Kier alpha value is -3.92. The Labute approximate surface area is 169 Å². The predicted octanol–water partition coefficient (Wildman–Crippen LogP) is 3.60. The minimum absolute atomic E-state index is 0.246. The third kappa shape index (κ3) is 4.87. The number of halogens is 1. The molecular weight excluding hydrogens is 402 g/mol. The zero-order valence-corrected chi connectivity index (χ0v) is 15.7. The van der Waals surface area contributed by atoms with E-state index in [0.29, 0.717) is 16.5 Å². The van der Waals surface area contributed by atoms with Crippen molar-refractivity contribution in [2.45, 2.75) is 0 Å². The Morgan fingerprint density at radius 1 is 1.14 bits per heavy atom. The fraction of sp³-hybridized carbons (Fsp3) is 0.0556. The van der Waals surface area contributed by atoms with E-state index in [2.05, 4.69) is 20.8 Å². The first-order valence-electron chi connectivity index (χ1n) is 8.11. The normalized spacial score (nSPS) is 10.1. The molecule has 0 saturated heterocycles. The van der Waals surface area contributed by atoms with E-state index in [9.17, 15) is 14.9 Å². The Kier molecular flexibility index (Phi) is 6.05. The number of hydrogen-bond donors (Lipinski definition) is 2. The molecule has 0 spiro atoms. The van der Waals surface area contributed by atoms with E-state index in [-0.39, 0.29) is 17.3 Å². The van der Waals surface area contributed by atoms with Crippen molar-refractivity contribution in [3.05, 3.63) is 75.6 Å². The summed E-state index contributed by atoms with van der Waals surface area (Å²) in [7, 11) is 1.51. The lowest BCUT2D eigenvalue weighted by atomic mass is 10.2. The zero-order chi connectivity index (χ0) is 20.8. The first kappa shape index (κ1) is 19.8. The molecule has 3 aromatic rings. The maximum atomic E-state index is 12.2. The number of hydrogen-bond acceptors (Lipinski definition) is 8. The zero-order valence-electron chi connectivity index (χ0n) is 15.0. The number of carbonyl (C=O) groups excluding carboxylic acids is 1. The summed E-state index contributed by atoms with van der Waals surface area (Å²) in [6, 6.07) is 12.6. The average molecular weight is 416 g/mol. The lowest BCUT2D eigenvalue weighted by molar-refractivity contribution is -0.385. The monoisotopic (exact) mass is 415 g/mol. The molecule has 0 aliphatic carbocycles. The third-order valence-corrected chi connectivity index (χ3v) is 3.86. The van der Waals surface area contributed by atoms with Crippen LogP contribution in [0.25, 0.3) is 0 Å². The van der Waals surface area contributed by atoms with Gasteiger partial charge in [0.05, 0.1) is 12.0 Å². The van der Waals surface area contributed by atoms with Gasteiger partial charge in [0.15, 0.2) is 0 Å². The van der Waals surface area contributed by atoms with E-state index in [4.69, 9.17) is 21.1 Å². The smallest absolute Gasteiger partial charge is 0.374 e. The van der Waals surface area contributed by atoms with E-state index >= 15 is 0 Å². The molecule has 0 fully saturated rings. The van der Waals surface area contributed by atoms with Crippen LogP contribution >= 0.6 is 11.6 Å². The fourth-order valence-electron chi connectivity index (χ4n) is 2.27. The van der Waals surface area contributed by atoms with E-state index in [1.54, 1.807) is 36.4 Å². The fourth-order valence-corrected chi connectivity index (χ4v) is 2.46. The molecule has 0 unspecified atom stereocenters. The molecule has 1 aromatic heterocycles. The number of nitro groups is 1. The number of nitrogens with zero attached hydrogens (tertiary/aromatic N) is 3. The SMILES string of the molecule is COc1ccc(Oc2ncnc(NNC(=O)c3cccc(Cl)c3)c2[N+](=O)[O-])cc1. The summed E-state index contributed by atoms with van der Waals surface area (Å²) >= 11 is 5.85. The maximum absolute atomic E-state index is 12.2. The van der Waals surface area contributed by atoms with Gasteiger partial charge in [-0.05, 0) is 42.5 Å². The van der Waals surface area contributed by atoms with Gasteiger partial charge >= 0.3 is 11.6 Å². The van der Waals surface area contributed by atoms with Gasteiger partial charge in [-0.3, -0.25) is 25.8 Å². The first-order valence-corrected chi connectivity index (χ1v) is 8.49. The third-order valence-electron chi connectivity index (χ3n) is 3.63. The van der Waals surface area contributed by atoms with Gasteiger partial charge in [-0.25, -0.2) is 4.98 Å². The number of amides is 1. The van der Waals surface area contributed by atoms with Crippen LogP contribution in [0.4, 0.5) is 11.5 Å². The van der Waals surface area contributed by atoms with Gasteiger partial charge in [0.25, 0.3) is 5.91 Å². The molecule has 11 heteroatoms. The summed E-state index contributed by atoms with van der Waals surface area (Å²) < 4.78 is 10.6. The summed E-state index contributed by atoms with van der Waals surface area (Å²) in [5, 5.41) is 11.9. The number of benzene rings is 2. The van der Waals surface area contributed by atoms with Crippen molar-refractivity contribution in [1.29, 1.82) is 0 Å². The van der Waals surface area contributed by atoms with Gasteiger partial charge in [0, 0.05) is 10.6 Å². The van der Waals surface area contributed by atoms with Crippen LogP contribution in [-0.2, 0) is 0 Å². The molecule has 0 aliphatic rings. The van der Waals surface area contributed by atoms with E-state index < -0.39 is 16.5 Å². The molecule has 0 saturated carbocycles. The second-order valence-electron chi connectivity index (χ2n) is 5.50. The van der Waals surface area contributed by atoms with Gasteiger partial charge in [0.1, 0.15) is 17.8 Å². The van der Waals surface area contributed by atoms with Gasteiger partial charge in [0.2, 0.25) is 5.82 Å². The molecule has 2 N–H and O–H groups in total. The molecule has 148 valence electrons. The van der Waals surface area contributed by atoms with Crippen LogP contribution in [0.3, 0.4) is 0 Å². The standard InChI is InChI=1S/C18H14ClN5O5/c1-28-13-5-7-14(8-6-13)29-18-15(24(26)27)16(20-10-21-18)22-23-17(25)11-3-2-4-12(19)9-11/h2-10H,1H3,(H,23,25)(H,20,21,22). The Morgan fingerprint density at radius 2 is 1.86 bits per heavy atom. The van der Waals surface area contributed by atoms with Crippen LogP contribution in [-0.4, -0.2) is 27.9 Å². The number of aromatic nitrogens is 2. The van der Waals surface area contributed by atoms with Gasteiger partial charge in [-0.1, -0.05) is 17.7 Å². The number of carbonyl (C=O) groups is 1. The number of anilines is 1. The van der Waals surface area contributed by atoms with Crippen molar-refractivity contribution in [2.75, 3.05) is 12.5 Å². The molecule has 1 amide bonds. The molecule has 0 radical (unpaired) electrons. The number of ether oxygens (including phenoxy) is 2. The van der Waals surface area contributed by atoms with Crippen LogP contribution in [0.15, 0.2) is 54.9 Å². The van der Waals surface area contributed by atoms with Crippen LogP contribution in [0, 0.1) is 10.1 Å². The van der Waals surface area contributed by atoms with Crippen LogP contribution in [0.5, 0.6) is 17.4 Å². The number of rotatable bonds is 7. The summed E-state index contributed by atoms with van der Waals surface area (Å²) in [5.41, 5.74) is 4.46. The summed E-state index contributed by atoms with van der Waals surface area (Å²) in [6.07, 6.45) is 1.07. The average Bonchev–Trinajstić information content (AvgIpc) is 2.72. The van der Waals surface area contributed by atoms with Gasteiger partial charge in [-0.2, -0.15) is 4.98 Å². The molecule has 29 heavy (non-hydrogen) atoms. The Bertz CT molecular complexity index is 1050. The molecule has 1 heterocycles. The second-order valence-corrected chi connectivity index (χ2v) is 5.94. The molecular formula is C18H14ClN5O5. The molecule has 0 aliphatic heterocycles. The molecule has 3 rings (SSSR count). The topological polar surface area (TPSA) is 129 Å². The lowest BCUT2D eigenvalue weighted by Crippen LogP contribution is -2.30. The van der Waals surface area contributed by atoms with Crippen molar-refractivity contribution in [3.8, 4) is 17.4 Å². The number of methoxy groups -OCH3 is 1. The maximum Gasteiger partial charge on any atom is 0.374 e. The molecule has 2 aromatic carbocycles. The number of hydrazine groups is 1. The van der Waals surface area contributed by atoms with E-state index in [1.165, 1.54) is 19.2 Å². The summed E-state index contributed by atoms with van der Waals surface area (Å²) in [5.74, 6) is -0.196. The molecule has 0 atom stereocenters. The van der Waals surface area contributed by atoms with Crippen molar-refractivity contribution in [3.63, 3.8) is 0 Å². The van der Waals surface area contributed by atoms with Gasteiger partial charge in [-0.15, -0.1) is 0 Å². The van der Waals surface area contributed by atoms with Crippen molar-refractivity contribution >= 4 is 29.0 Å². The highest BCUT2D eigenvalue weighted by molar-refractivity contribution is 6.30. The first-order chi connectivity index (χ1) is 14.0. The summed E-state index contributed by atoms with van der Waals surface area (Å²) in [4.78, 5) is 30.7. The second kappa shape index (κ2) is 8.85. The quantitative estimate of drug-likeness (QED) is 0.442. The molecule has 10 nitrogen and oxygen atoms in total. The Balaban J connectivity index is 1.80. The van der Waals surface area contributed by atoms with Gasteiger partial charge < -0.3 is 9.47 Å². The number of nitrogens with one attached hydrogen (secondary N) is 2. The largest absolute Gasteiger partial charge is 0.497 e. The highest BCUT2D eigenvalue weighted by Crippen LogP contribution is 2.34. The van der Waals surface area contributed by atoms with Crippen LogP contribution < -0.4 is 20.3 Å². The molecule has 0 bridgehead atoms. The Morgan fingerprint density at radius 3 is 2.52 bits per heavy atom. The van der Waals surface area contributed by atoms with E-state index in [1.807, 2.05) is 0 Å². The highest BCUT2D eigenvalue weighted by atomic mass is 35.5. The van der Waals surface area contributed by atoms with Crippen LogP contribution in [0.2, 0.25) is 5.02 Å². The predicted molar refractivity (Wildman–Crippen MR) is 104 cm³/mol. The lowest BCUT2D eigenvalue weighted by Gasteiger charge is -2.10.